The van der Waals surface area contributed by atoms with Gasteiger partial charge in [-0.1, -0.05) is 36.4 Å². The smallest absolute Gasteiger partial charge is 0.331 e. The number of ether oxygens (including phenoxy) is 1. The van der Waals surface area contributed by atoms with E-state index in [0.717, 1.165) is 22.0 Å². The van der Waals surface area contributed by atoms with Gasteiger partial charge < -0.3 is 9.30 Å². The first-order valence-electron chi connectivity index (χ1n) is 10.1. The molecule has 2 aromatic heterocycles. The molecular weight excluding hydrogens is 372 g/mol. The third-order valence-corrected chi connectivity index (χ3v) is 5.21. The van der Waals surface area contributed by atoms with Gasteiger partial charge in [-0.2, -0.15) is 0 Å². The number of benzene rings is 2. The van der Waals surface area contributed by atoms with E-state index in [1.165, 1.54) is 11.1 Å². The van der Waals surface area contributed by atoms with Crippen molar-refractivity contribution < 1.29 is 9.53 Å². The number of carbonyl (C=O) groups is 1. The van der Waals surface area contributed by atoms with Gasteiger partial charge in [0.1, 0.15) is 0 Å². The number of rotatable bonds is 6. The van der Waals surface area contributed by atoms with E-state index in [9.17, 15) is 4.79 Å². The average Bonchev–Trinajstić information content (AvgIpc) is 3.18. The molecule has 2 heterocycles. The van der Waals surface area contributed by atoms with Crippen LogP contribution in [0.15, 0.2) is 91.4 Å². The molecule has 0 bridgehead atoms. The van der Waals surface area contributed by atoms with Crippen molar-refractivity contribution in [3.05, 3.63) is 108 Å². The second kappa shape index (κ2) is 8.78. The summed E-state index contributed by atoms with van der Waals surface area (Å²) in [4.78, 5) is 16.0. The number of esters is 1. The van der Waals surface area contributed by atoms with Gasteiger partial charge >= 0.3 is 5.97 Å². The van der Waals surface area contributed by atoms with Crippen LogP contribution in [0.3, 0.4) is 0 Å². The maximum absolute atomic E-state index is 11.8. The molecule has 0 aliphatic rings. The van der Waals surface area contributed by atoms with Crippen molar-refractivity contribution in [1.29, 1.82) is 0 Å². The second-order valence-electron chi connectivity index (χ2n) is 7.17. The Balaban J connectivity index is 1.77. The molecular formula is C26H24N2O2. The van der Waals surface area contributed by atoms with Gasteiger partial charge in [0, 0.05) is 35.6 Å². The minimum Gasteiger partial charge on any atom is -0.463 e. The predicted octanol–water partition coefficient (Wildman–Crippen LogP) is 5.64. The lowest BCUT2D eigenvalue weighted by atomic mass is 9.99. The number of aromatic nitrogens is 2. The van der Waals surface area contributed by atoms with Gasteiger partial charge in [-0.25, -0.2) is 4.79 Å². The fraction of sp³-hybridized carbons (Fsp3) is 0.154. The van der Waals surface area contributed by atoms with Gasteiger partial charge in [0.15, 0.2) is 0 Å². The minimum atomic E-state index is -0.311. The van der Waals surface area contributed by atoms with Gasteiger partial charge in [0.2, 0.25) is 0 Å². The lowest BCUT2D eigenvalue weighted by Gasteiger charge is -2.21. The lowest BCUT2D eigenvalue weighted by molar-refractivity contribution is -0.137. The van der Waals surface area contributed by atoms with Crippen molar-refractivity contribution in [1.82, 2.24) is 9.55 Å². The van der Waals surface area contributed by atoms with Crippen LogP contribution < -0.4 is 0 Å². The highest BCUT2D eigenvalue weighted by Crippen LogP contribution is 2.31. The zero-order valence-corrected chi connectivity index (χ0v) is 17.2. The highest BCUT2D eigenvalue weighted by molar-refractivity contribution is 5.93. The van der Waals surface area contributed by atoms with Crippen LogP contribution in [0.25, 0.3) is 16.5 Å². The topological polar surface area (TPSA) is 44.1 Å². The fourth-order valence-corrected chi connectivity index (χ4v) is 3.77. The molecule has 4 nitrogen and oxygen atoms in total. The minimum absolute atomic E-state index is 0.0497. The molecule has 150 valence electrons. The molecule has 0 saturated carbocycles. The lowest BCUT2D eigenvalue weighted by Crippen LogP contribution is -2.11. The largest absolute Gasteiger partial charge is 0.463 e. The van der Waals surface area contributed by atoms with Gasteiger partial charge in [-0.3, -0.25) is 4.98 Å². The van der Waals surface area contributed by atoms with E-state index in [1.54, 1.807) is 6.08 Å². The Morgan fingerprint density at radius 2 is 1.77 bits per heavy atom. The molecule has 0 N–H and O–H groups in total. The Bertz CT molecular complexity index is 1140. The van der Waals surface area contributed by atoms with Crippen LogP contribution in [0.5, 0.6) is 0 Å². The van der Waals surface area contributed by atoms with Crippen LogP contribution in [0.4, 0.5) is 0 Å². The highest BCUT2D eigenvalue weighted by Gasteiger charge is 2.18. The summed E-state index contributed by atoms with van der Waals surface area (Å²) in [6.07, 6.45) is 7.33. The molecule has 0 aliphatic heterocycles. The van der Waals surface area contributed by atoms with Crippen molar-refractivity contribution in [3.63, 3.8) is 0 Å². The summed E-state index contributed by atoms with van der Waals surface area (Å²) in [6, 6.07) is 23.0. The van der Waals surface area contributed by atoms with Gasteiger partial charge in [0.25, 0.3) is 0 Å². The number of carbonyl (C=O) groups excluding carboxylic acids is 1. The van der Waals surface area contributed by atoms with E-state index in [-0.39, 0.29) is 12.0 Å². The maximum Gasteiger partial charge on any atom is 0.331 e. The molecule has 0 amide bonds. The van der Waals surface area contributed by atoms with E-state index >= 15 is 0 Å². The molecule has 4 aromatic rings. The first kappa shape index (κ1) is 19.6. The molecule has 0 spiro atoms. The van der Waals surface area contributed by atoms with E-state index in [1.807, 2.05) is 32.3 Å². The molecule has 1 unspecified atom stereocenters. The van der Waals surface area contributed by atoms with Crippen LogP contribution >= 0.6 is 0 Å². The number of pyridine rings is 1. The summed E-state index contributed by atoms with van der Waals surface area (Å²) < 4.78 is 7.32. The molecule has 0 radical (unpaired) electrons. The number of hydrogen-bond acceptors (Lipinski definition) is 3. The average molecular weight is 396 g/mol. The summed E-state index contributed by atoms with van der Waals surface area (Å²) in [5.74, 6) is -0.311. The standard InChI is InChI=1S/C26H24N2O2/c1-3-30-25(29)17-19(2)22-9-10-24-23(18-22)13-16-28(24)26(20-7-5-4-6-8-20)21-11-14-27-15-12-21/h4-18,26H,3H2,1-2H3/b19-17+. The first-order valence-corrected chi connectivity index (χ1v) is 10.1. The van der Waals surface area contributed by atoms with Gasteiger partial charge in [0.05, 0.1) is 12.6 Å². The summed E-state index contributed by atoms with van der Waals surface area (Å²) >= 11 is 0. The Morgan fingerprint density at radius 3 is 2.50 bits per heavy atom. The van der Waals surface area contributed by atoms with Crippen molar-refractivity contribution >= 4 is 22.4 Å². The van der Waals surface area contributed by atoms with Gasteiger partial charge in [-0.05, 0) is 66.4 Å². The molecule has 0 aliphatic carbocycles. The Hall–Kier alpha value is -3.66. The van der Waals surface area contributed by atoms with Crippen LogP contribution in [-0.2, 0) is 9.53 Å². The predicted molar refractivity (Wildman–Crippen MR) is 120 cm³/mol. The monoisotopic (exact) mass is 396 g/mol. The van der Waals surface area contributed by atoms with Gasteiger partial charge in [-0.15, -0.1) is 0 Å². The van der Waals surface area contributed by atoms with Crippen LogP contribution in [0, 0.1) is 0 Å². The maximum atomic E-state index is 11.8. The Kier molecular flexibility index (Phi) is 5.75. The van der Waals surface area contributed by atoms with Crippen LogP contribution in [-0.4, -0.2) is 22.1 Å². The van der Waals surface area contributed by atoms with Crippen LogP contribution in [0.1, 0.15) is 36.6 Å². The fourth-order valence-electron chi connectivity index (χ4n) is 3.77. The Morgan fingerprint density at radius 1 is 1.03 bits per heavy atom. The van der Waals surface area contributed by atoms with Crippen LogP contribution in [0.2, 0.25) is 0 Å². The molecule has 2 aromatic carbocycles. The molecule has 0 saturated heterocycles. The van der Waals surface area contributed by atoms with E-state index in [4.69, 9.17) is 4.74 Å². The number of nitrogens with zero attached hydrogens (tertiary/aromatic N) is 2. The third-order valence-electron chi connectivity index (χ3n) is 5.21. The summed E-state index contributed by atoms with van der Waals surface area (Å²) in [6.45, 7) is 4.11. The van der Waals surface area contributed by atoms with Crippen molar-refractivity contribution in [2.75, 3.05) is 6.61 Å². The molecule has 1 atom stereocenters. The molecule has 0 fully saturated rings. The number of hydrogen-bond donors (Lipinski definition) is 0. The van der Waals surface area contributed by atoms with Crippen molar-refractivity contribution in [3.8, 4) is 0 Å². The van der Waals surface area contributed by atoms with E-state index in [2.05, 4.69) is 76.4 Å². The summed E-state index contributed by atoms with van der Waals surface area (Å²) in [7, 11) is 0. The first-order chi connectivity index (χ1) is 14.7. The van der Waals surface area contributed by atoms with Crippen molar-refractivity contribution in [2.45, 2.75) is 19.9 Å². The number of fused-ring (bicyclic) bond motifs is 1. The zero-order chi connectivity index (χ0) is 20.9. The second-order valence-corrected chi connectivity index (χ2v) is 7.17. The van der Waals surface area contributed by atoms with E-state index in [0.29, 0.717) is 6.61 Å². The number of allylic oxidation sites excluding steroid dienone is 1. The molecule has 4 heteroatoms. The zero-order valence-electron chi connectivity index (χ0n) is 17.2. The van der Waals surface area contributed by atoms with Crippen molar-refractivity contribution in [2.24, 2.45) is 0 Å². The highest BCUT2D eigenvalue weighted by atomic mass is 16.5. The normalized spacial score (nSPS) is 12.7. The quantitative estimate of drug-likeness (QED) is 0.313. The molecule has 4 rings (SSSR count). The SMILES string of the molecule is CCOC(=O)/C=C(\C)c1ccc2c(ccn2C(c2ccccc2)c2ccncc2)c1. The Labute approximate surface area is 176 Å². The summed E-state index contributed by atoms with van der Waals surface area (Å²) in [5.41, 5.74) is 5.42. The third kappa shape index (κ3) is 4.03. The summed E-state index contributed by atoms with van der Waals surface area (Å²) in [5, 5.41) is 1.12. The van der Waals surface area contributed by atoms with E-state index < -0.39 is 0 Å². The molecule has 30 heavy (non-hydrogen) atoms.